The highest BCUT2D eigenvalue weighted by atomic mass is 79.9. The molecule has 2 N–H and O–H groups in total. The maximum absolute atomic E-state index is 10.7. The second kappa shape index (κ2) is 4.78. The van der Waals surface area contributed by atoms with E-state index in [1.165, 1.54) is 36.0 Å². The van der Waals surface area contributed by atoms with Gasteiger partial charge in [-0.2, -0.15) is 0 Å². The van der Waals surface area contributed by atoms with Gasteiger partial charge in [0.1, 0.15) is 5.75 Å². The van der Waals surface area contributed by atoms with Crippen molar-refractivity contribution in [2.24, 2.45) is 0 Å². The molecular weight excluding hydrogens is 302 g/mol. The Balaban J connectivity index is 2.22. The van der Waals surface area contributed by atoms with Crippen LogP contribution in [0.3, 0.4) is 0 Å². The average Bonchev–Trinajstić information content (AvgIpc) is 2.84. The Hall–Kier alpha value is -0.540. The molecule has 0 saturated carbocycles. The Labute approximate surface area is 123 Å². The minimum absolute atomic E-state index is 0.0663. The van der Waals surface area contributed by atoms with Crippen molar-refractivity contribution in [1.82, 2.24) is 5.32 Å². The molecule has 3 heteroatoms. The fourth-order valence-electron chi connectivity index (χ4n) is 3.93. The minimum atomic E-state index is -0.0663. The summed E-state index contributed by atoms with van der Waals surface area (Å²) in [6, 6.07) is 0. The molecule has 0 spiro atoms. The standard InChI is InChI=1S/C16H22BrNO/c1-10-11-6-3-4-7-12(11)14(17)15(19)13(10)16(2)8-5-9-18-16/h18-19H,3-9H2,1-2H3. The maximum Gasteiger partial charge on any atom is 0.135 e. The van der Waals surface area contributed by atoms with Crippen LogP contribution in [-0.4, -0.2) is 11.7 Å². The maximum atomic E-state index is 10.7. The number of aromatic hydroxyl groups is 1. The lowest BCUT2D eigenvalue weighted by Gasteiger charge is -2.32. The lowest BCUT2D eigenvalue weighted by Crippen LogP contribution is -2.34. The van der Waals surface area contributed by atoms with Gasteiger partial charge in [0.15, 0.2) is 0 Å². The average molecular weight is 324 g/mol. The molecule has 1 aliphatic heterocycles. The molecule has 3 rings (SSSR count). The van der Waals surface area contributed by atoms with E-state index in [0.29, 0.717) is 5.75 Å². The zero-order chi connectivity index (χ0) is 13.6. The van der Waals surface area contributed by atoms with Crippen LogP contribution in [0.15, 0.2) is 4.47 Å². The number of phenolic OH excluding ortho intramolecular Hbond substituents is 1. The summed E-state index contributed by atoms with van der Waals surface area (Å²) in [5.74, 6) is 0.468. The Kier molecular flexibility index (Phi) is 3.38. The van der Waals surface area contributed by atoms with Crippen LogP contribution in [0.5, 0.6) is 5.75 Å². The zero-order valence-electron chi connectivity index (χ0n) is 11.8. The summed E-state index contributed by atoms with van der Waals surface area (Å²) in [6.45, 7) is 5.46. The predicted molar refractivity (Wildman–Crippen MR) is 81.8 cm³/mol. The Morgan fingerprint density at radius 3 is 2.47 bits per heavy atom. The second-order valence-corrected chi connectivity index (χ2v) is 6.98. The van der Waals surface area contributed by atoms with Gasteiger partial charge in [-0.05, 0) is 91.5 Å². The van der Waals surface area contributed by atoms with E-state index in [1.807, 2.05) is 0 Å². The van der Waals surface area contributed by atoms with Crippen LogP contribution in [0, 0.1) is 6.92 Å². The Morgan fingerprint density at radius 1 is 1.16 bits per heavy atom. The van der Waals surface area contributed by atoms with Gasteiger partial charge in [-0.3, -0.25) is 0 Å². The number of nitrogens with one attached hydrogen (secondary N) is 1. The number of phenols is 1. The van der Waals surface area contributed by atoms with E-state index < -0.39 is 0 Å². The van der Waals surface area contributed by atoms with Crippen molar-refractivity contribution < 1.29 is 5.11 Å². The third kappa shape index (κ3) is 2.02. The van der Waals surface area contributed by atoms with Crippen LogP contribution in [0.4, 0.5) is 0 Å². The SMILES string of the molecule is Cc1c2c(c(Br)c(O)c1C1(C)CCCN1)CCCC2. The van der Waals surface area contributed by atoms with E-state index in [0.717, 1.165) is 35.8 Å². The van der Waals surface area contributed by atoms with Crippen LogP contribution in [0.25, 0.3) is 0 Å². The Morgan fingerprint density at radius 2 is 1.84 bits per heavy atom. The number of halogens is 1. The number of benzene rings is 1. The summed E-state index contributed by atoms with van der Waals surface area (Å²) < 4.78 is 0.942. The smallest absolute Gasteiger partial charge is 0.135 e. The van der Waals surface area contributed by atoms with Gasteiger partial charge in [0.05, 0.1) is 4.47 Å². The van der Waals surface area contributed by atoms with Gasteiger partial charge in [-0.1, -0.05) is 0 Å². The molecule has 0 radical (unpaired) electrons. The van der Waals surface area contributed by atoms with E-state index in [1.54, 1.807) is 0 Å². The van der Waals surface area contributed by atoms with Gasteiger partial charge in [0.2, 0.25) is 0 Å². The van der Waals surface area contributed by atoms with Crippen molar-refractivity contribution >= 4 is 15.9 Å². The fraction of sp³-hybridized carbons (Fsp3) is 0.625. The molecule has 1 aromatic rings. The normalized spacial score (nSPS) is 26.5. The quantitative estimate of drug-likeness (QED) is 0.820. The largest absolute Gasteiger partial charge is 0.506 e. The molecule has 0 bridgehead atoms. The molecule has 1 heterocycles. The first-order chi connectivity index (χ1) is 9.04. The molecule has 1 aromatic carbocycles. The van der Waals surface area contributed by atoms with Crippen molar-refractivity contribution in [1.29, 1.82) is 0 Å². The molecule has 0 amide bonds. The van der Waals surface area contributed by atoms with Crippen LogP contribution >= 0.6 is 15.9 Å². The van der Waals surface area contributed by atoms with Gasteiger partial charge in [-0.25, -0.2) is 0 Å². The number of hydrogen-bond donors (Lipinski definition) is 2. The van der Waals surface area contributed by atoms with Gasteiger partial charge >= 0.3 is 0 Å². The highest BCUT2D eigenvalue weighted by molar-refractivity contribution is 9.10. The molecule has 2 nitrogen and oxygen atoms in total. The summed E-state index contributed by atoms with van der Waals surface area (Å²) >= 11 is 3.64. The van der Waals surface area contributed by atoms with E-state index >= 15 is 0 Å². The molecular formula is C16H22BrNO. The van der Waals surface area contributed by atoms with Gasteiger partial charge in [0.25, 0.3) is 0 Å². The van der Waals surface area contributed by atoms with E-state index in [4.69, 9.17) is 0 Å². The number of rotatable bonds is 1. The second-order valence-electron chi connectivity index (χ2n) is 6.19. The molecule has 1 unspecified atom stereocenters. The molecule has 19 heavy (non-hydrogen) atoms. The summed E-state index contributed by atoms with van der Waals surface area (Å²) in [6.07, 6.45) is 7.04. The molecule has 2 aliphatic rings. The van der Waals surface area contributed by atoms with Crippen molar-refractivity contribution in [2.45, 2.75) is 57.9 Å². The lowest BCUT2D eigenvalue weighted by molar-refractivity contribution is 0.388. The number of hydrogen-bond acceptors (Lipinski definition) is 2. The predicted octanol–water partition coefficient (Wildman–Crippen LogP) is 3.94. The van der Waals surface area contributed by atoms with E-state index in [2.05, 4.69) is 35.1 Å². The van der Waals surface area contributed by atoms with E-state index in [-0.39, 0.29) is 5.54 Å². The lowest BCUT2D eigenvalue weighted by atomic mass is 9.79. The topological polar surface area (TPSA) is 32.3 Å². The highest BCUT2D eigenvalue weighted by Crippen LogP contribution is 2.46. The first-order valence-corrected chi connectivity index (χ1v) is 8.12. The van der Waals surface area contributed by atoms with Crippen LogP contribution in [0.2, 0.25) is 0 Å². The minimum Gasteiger partial charge on any atom is -0.506 e. The summed E-state index contributed by atoms with van der Waals surface area (Å²) in [5, 5.41) is 14.3. The first-order valence-electron chi connectivity index (χ1n) is 7.33. The van der Waals surface area contributed by atoms with Crippen LogP contribution < -0.4 is 5.32 Å². The van der Waals surface area contributed by atoms with Crippen molar-refractivity contribution in [3.63, 3.8) is 0 Å². The molecule has 1 saturated heterocycles. The third-order valence-electron chi connectivity index (χ3n) is 4.93. The summed E-state index contributed by atoms with van der Waals surface area (Å²) in [4.78, 5) is 0. The molecule has 1 fully saturated rings. The van der Waals surface area contributed by atoms with Crippen molar-refractivity contribution in [2.75, 3.05) is 6.54 Å². The molecule has 0 aromatic heterocycles. The summed E-state index contributed by atoms with van der Waals surface area (Å²) in [7, 11) is 0. The third-order valence-corrected chi connectivity index (χ3v) is 5.78. The molecule has 1 atom stereocenters. The highest BCUT2D eigenvalue weighted by Gasteiger charge is 2.36. The molecule has 104 valence electrons. The van der Waals surface area contributed by atoms with Crippen molar-refractivity contribution in [3.8, 4) is 5.75 Å². The van der Waals surface area contributed by atoms with Crippen LogP contribution in [-0.2, 0) is 18.4 Å². The molecule has 1 aliphatic carbocycles. The zero-order valence-corrected chi connectivity index (χ0v) is 13.4. The van der Waals surface area contributed by atoms with Gasteiger partial charge < -0.3 is 10.4 Å². The fourth-order valence-corrected chi connectivity index (χ4v) is 4.56. The van der Waals surface area contributed by atoms with Crippen molar-refractivity contribution in [3.05, 3.63) is 26.7 Å². The first kappa shape index (κ1) is 13.4. The number of fused-ring (bicyclic) bond motifs is 1. The van der Waals surface area contributed by atoms with Gasteiger partial charge in [-0.15, -0.1) is 0 Å². The van der Waals surface area contributed by atoms with Crippen LogP contribution in [0.1, 0.15) is 54.9 Å². The Bertz CT molecular complexity index is 518. The summed E-state index contributed by atoms with van der Waals surface area (Å²) in [5.41, 5.74) is 5.18. The monoisotopic (exact) mass is 323 g/mol. The van der Waals surface area contributed by atoms with E-state index in [9.17, 15) is 5.11 Å². The van der Waals surface area contributed by atoms with Gasteiger partial charge in [0, 0.05) is 11.1 Å².